The normalized spacial score (nSPS) is 16.9. The molecular weight excluding hydrogens is 256 g/mol. The van der Waals surface area contributed by atoms with Crippen LogP contribution < -0.4 is 5.32 Å². The maximum absolute atomic E-state index is 12.1. The van der Waals surface area contributed by atoms with Crippen molar-refractivity contribution in [3.63, 3.8) is 0 Å². The number of carbonyl (C=O) groups is 1. The van der Waals surface area contributed by atoms with E-state index in [1.54, 1.807) is 11.3 Å². The Kier molecular flexibility index (Phi) is 4.75. The zero-order valence-corrected chi connectivity index (χ0v) is 12.8. The van der Waals surface area contributed by atoms with Gasteiger partial charge in [0.05, 0.1) is 17.1 Å². The van der Waals surface area contributed by atoms with Crippen LogP contribution in [0.2, 0.25) is 0 Å². The van der Waals surface area contributed by atoms with E-state index in [0.29, 0.717) is 6.42 Å². The standard InChI is InChI=1S/C15H22N2OS/c1-10(13-7-5-4-6-8-13)17-15(18)9-14-11(2)16-12(3)19-14/h7,10H,4-6,8-9H2,1-3H3,(H,17,18). The van der Waals surface area contributed by atoms with Crippen molar-refractivity contribution in [2.45, 2.75) is 58.9 Å². The summed E-state index contributed by atoms with van der Waals surface area (Å²) in [4.78, 5) is 17.5. The molecule has 1 amide bonds. The molecule has 0 saturated carbocycles. The van der Waals surface area contributed by atoms with Crippen molar-refractivity contribution in [3.8, 4) is 0 Å². The van der Waals surface area contributed by atoms with E-state index in [1.807, 2.05) is 13.8 Å². The number of nitrogens with one attached hydrogen (secondary N) is 1. The molecule has 1 aliphatic carbocycles. The van der Waals surface area contributed by atoms with Crippen LogP contribution in [-0.4, -0.2) is 16.9 Å². The zero-order chi connectivity index (χ0) is 13.8. The lowest BCUT2D eigenvalue weighted by molar-refractivity contribution is -0.120. The van der Waals surface area contributed by atoms with Gasteiger partial charge in [-0.1, -0.05) is 11.6 Å². The Morgan fingerprint density at radius 3 is 2.84 bits per heavy atom. The molecule has 1 heterocycles. The smallest absolute Gasteiger partial charge is 0.225 e. The molecule has 0 radical (unpaired) electrons. The van der Waals surface area contributed by atoms with E-state index in [1.165, 1.54) is 18.4 Å². The number of allylic oxidation sites excluding steroid dienone is 1. The summed E-state index contributed by atoms with van der Waals surface area (Å²) in [6.45, 7) is 6.04. The van der Waals surface area contributed by atoms with Crippen molar-refractivity contribution in [1.29, 1.82) is 0 Å². The molecule has 19 heavy (non-hydrogen) atoms. The van der Waals surface area contributed by atoms with E-state index in [4.69, 9.17) is 0 Å². The molecule has 104 valence electrons. The summed E-state index contributed by atoms with van der Waals surface area (Å²) in [5, 5.41) is 4.14. The fraction of sp³-hybridized carbons (Fsp3) is 0.600. The molecule has 1 N–H and O–H groups in total. The predicted octanol–water partition coefficient (Wildman–Crippen LogP) is 3.31. The minimum atomic E-state index is 0.103. The number of aryl methyl sites for hydroxylation is 2. The molecule has 1 aromatic heterocycles. The van der Waals surface area contributed by atoms with E-state index in [-0.39, 0.29) is 11.9 Å². The molecule has 0 aliphatic heterocycles. The maximum atomic E-state index is 12.1. The summed E-state index contributed by atoms with van der Waals surface area (Å²) in [6.07, 6.45) is 7.55. The van der Waals surface area contributed by atoms with Crippen LogP contribution >= 0.6 is 11.3 Å². The Labute approximate surface area is 119 Å². The largest absolute Gasteiger partial charge is 0.350 e. The van der Waals surface area contributed by atoms with Crippen molar-refractivity contribution in [3.05, 3.63) is 27.2 Å². The quantitative estimate of drug-likeness (QED) is 0.859. The summed E-state index contributed by atoms with van der Waals surface area (Å²) in [6, 6.07) is 0.169. The second-order valence-corrected chi connectivity index (χ2v) is 6.52. The van der Waals surface area contributed by atoms with E-state index in [0.717, 1.165) is 28.4 Å². The number of amides is 1. The fourth-order valence-corrected chi connectivity index (χ4v) is 3.46. The lowest BCUT2D eigenvalue weighted by atomic mass is 9.94. The lowest BCUT2D eigenvalue weighted by Gasteiger charge is -2.20. The number of hydrogen-bond acceptors (Lipinski definition) is 3. The Balaban J connectivity index is 1.90. The first-order chi connectivity index (χ1) is 9.06. The summed E-state index contributed by atoms with van der Waals surface area (Å²) < 4.78 is 0. The molecule has 0 bridgehead atoms. The molecule has 1 aliphatic rings. The topological polar surface area (TPSA) is 42.0 Å². The van der Waals surface area contributed by atoms with Gasteiger partial charge in [-0.25, -0.2) is 4.98 Å². The fourth-order valence-electron chi connectivity index (χ4n) is 2.52. The molecule has 2 rings (SSSR count). The third kappa shape index (κ3) is 3.90. The monoisotopic (exact) mass is 278 g/mol. The van der Waals surface area contributed by atoms with Gasteiger partial charge in [-0.2, -0.15) is 0 Å². The molecule has 1 aromatic rings. The molecule has 1 unspecified atom stereocenters. The number of thiazole rings is 1. The van der Waals surface area contributed by atoms with Crippen molar-refractivity contribution in [2.24, 2.45) is 0 Å². The van der Waals surface area contributed by atoms with Gasteiger partial charge < -0.3 is 5.32 Å². The first-order valence-corrected chi connectivity index (χ1v) is 7.79. The summed E-state index contributed by atoms with van der Waals surface area (Å²) in [7, 11) is 0. The molecule has 1 atom stereocenters. The Morgan fingerprint density at radius 1 is 1.47 bits per heavy atom. The first kappa shape index (κ1) is 14.3. The van der Waals surface area contributed by atoms with Gasteiger partial charge in [-0.05, 0) is 46.5 Å². The van der Waals surface area contributed by atoms with Crippen LogP contribution in [0.4, 0.5) is 0 Å². The number of nitrogens with zero attached hydrogens (tertiary/aromatic N) is 1. The summed E-state index contributed by atoms with van der Waals surface area (Å²) >= 11 is 1.62. The summed E-state index contributed by atoms with van der Waals surface area (Å²) in [5.41, 5.74) is 2.37. The number of carbonyl (C=O) groups excluding carboxylic acids is 1. The number of rotatable bonds is 4. The van der Waals surface area contributed by atoms with Gasteiger partial charge in [-0.15, -0.1) is 11.3 Å². The number of hydrogen-bond donors (Lipinski definition) is 1. The van der Waals surface area contributed by atoms with Gasteiger partial charge in [0, 0.05) is 10.9 Å². The van der Waals surface area contributed by atoms with E-state index >= 15 is 0 Å². The third-order valence-corrected chi connectivity index (χ3v) is 4.65. The third-order valence-electron chi connectivity index (χ3n) is 3.58. The molecule has 0 fully saturated rings. The maximum Gasteiger partial charge on any atom is 0.225 e. The van der Waals surface area contributed by atoms with Gasteiger partial charge in [0.1, 0.15) is 0 Å². The van der Waals surface area contributed by atoms with E-state index in [2.05, 4.69) is 23.3 Å². The average molecular weight is 278 g/mol. The van der Waals surface area contributed by atoms with Crippen LogP contribution in [0.15, 0.2) is 11.6 Å². The zero-order valence-electron chi connectivity index (χ0n) is 12.0. The molecule has 4 heteroatoms. The van der Waals surface area contributed by atoms with Crippen molar-refractivity contribution in [2.75, 3.05) is 0 Å². The molecule has 0 spiro atoms. The van der Waals surface area contributed by atoms with Gasteiger partial charge in [0.15, 0.2) is 0 Å². The van der Waals surface area contributed by atoms with Crippen molar-refractivity contribution in [1.82, 2.24) is 10.3 Å². The number of aromatic nitrogens is 1. The van der Waals surface area contributed by atoms with Crippen molar-refractivity contribution < 1.29 is 4.79 Å². The van der Waals surface area contributed by atoms with Gasteiger partial charge in [0.25, 0.3) is 0 Å². The Hall–Kier alpha value is -1.16. The van der Waals surface area contributed by atoms with Gasteiger partial charge >= 0.3 is 0 Å². The average Bonchev–Trinajstić information content (AvgIpc) is 2.68. The van der Waals surface area contributed by atoms with Gasteiger partial charge in [0.2, 0.25) is 5.91 Å². The Morgan fingerprint density at radius 2 is 2.26 bits per heavy atom. The second kappa shape index (κ2) is 6.33. The molecular formula is C15H22N2OS. The SMILES string of the molecule is Cc1nc(C)c(CC(=O)NC(C)C2=CCCCC2)s1. The first-order valence-electron chi connectivity index (χ1n) is 6.97. The lowest BCUT2D eigenvalue weighted by Crippen LogP contribution is -2.35. The van der Waals surface area contributed by atoms with Crippen molar-refractivity contribution >= 4 is 17.2 Å². The summed E-state index contributed by atoms with van der Waals surface area (Å²) in [5.74, 6) is 0.103. The van der Waals surface area contributed by atoms with Crippen LogP contribution in [0.25, 0.3) is 0 Å². The Bertz CT molecular complexity index is 490. The molecule has 3 nitrogen and oxygen atoms in total. The highest BCUT2D eigenvalue weighted by atomic mass is 32.1. The predicted molar refractivity (Wildman–Crippen MR) is 79.4 cm³/mol. The van der Waals surface area contributed by atoms with E-state index < -0.39 is 0 Å². The highest BCUT2D eigenvalue weighted by Gasteiger charge is 2.16. The van der Waals surface area contributed by atoms with Crippen LogP contribution in [0.1, 0.15) is 48.2 Å². The minimum Gasteiger partial charge on any atom is -0.350 e. The highest BCUT2D eigenvalue weighted by molar-refractivity contribution is 7.11. The van der Waals surface area contributed by atoms with Gasteiger partial charge in [-0.3, -0.25) is 4.79 Å². The van der Waals surface area contributed by atoms with Crippen LogP contribution in [-0.2, 0) is 11.2 Å². The van der Waals surface area contributed by atoms with Crippen LogP contribution in [0, 0.1) is 13.8 Å². The van der Waals surface area contributed by atoms with E-state index in [9.17, 15) is 4.79 Å². The second-order valence-electron chi connectivity index (χ2n) is 5.23. The van der Waals surface area contributed by atoms with Crippen LogP contribution in [0.3, 0.4) is 0 Å². The molecule has 0 aromatic carbocycles. The minimum absolute atomic E-state index is 0.103. The highest BCUT2D eigenvalue weighted by Crippen LogP contribution is 2.21. The van der Waals surface area contributed by atoms with Crippen LogP contribution in [0.5, 0.6) is 0 Å². The molecule has 0 saturated heterocycles.